The third-order valence-corrected chi connectivity index (χ3v) is 2.15. The molecule has 1 aromatic carbocycles. The van der Waals surface area contributed by atoms with E-state index in [2.05, 4.69) is 11.3 Å². The van der Waals surface area contributed by atoms with Crippen LogP contribution in [-0.2, 0) is 11.2 Å². The summed E-state index contributed by atoms with van der Waals surface area (Å²) in [5.41, 5.74) is 1.58. The highest BCUT2D eigenvalue weighted by Crippen LogP contribution is 2.07. The summed E-state index contributed by atoms with van der Waals surface area (Å²) in [6, 6.07) is 8.10. The van der Waals surface area contributed by atoms with Crippen molar-refractivity contribution >= 4 is 23.1 Å². The van der Waals surface area contributed by atoms with Crippen molar-refractivity contribution in [1.82, 2.24) is 0 Å². The molecule has 0 unspecified atom stereocenters. The zero-order valence-corrected chi connectivity index (χ0v) is 9.17. The van der Waals surface area contributed by atoms with Gasteiger partial charge in [-0.1, -0.05) is 36.9 Å². The molecule has 1 aromatic rings. The predicted molar refractivity (Wildman–Crippen MR) is 62.1 cm³/mol. The lowest BCUT2D eigenvalue weighted by atomic mass is 10.1. The van der Waals surface area contributed by atoms with Crippen LogP contribution in [0.2, 0.25) is 0 Å². The van der Waals surface area contributed by atoms with E-state index in [0.29, 0.717) is 6.61 Å². The minimum absolute atomic E-state index is 0.367. The molecule has 3 heteroatoms. The van der Waals surface area contributed by atoms with Crippen LogP contribution in [0.5, 0.6) is 0 Å². The molecule has 0 aliphatic heterocycles. The molecule has 80 valence electrons. The Bertz CT molecular complexity index is 330. The van der Waals surface area contributed by atoms with Gasteiger partial charge in [0.15, 0.2) is 0 Å². The minimum atomic E-state index is -0.739. The molecule has 0 saturated heterocycles. The van der Waals surface area contributed by atoms with Crippen LogP contribution in [0.15, 0.2) is 30.8 Å². The third kappa shape index (κ3) is 4.66. The van der Waals surface area contributed by atoms with Gasteiger partial charge in [0.1, 0.15) is 0 Å². The van der Waals surface area contributed by atoms with Crippen molar-refractivity contribution in [1.29, 1.82) is 0 Å². The molecular formula is C12H13ClO2. The van der Waals surface area contributed by atoms with E-state index in [1.807, 2.05) is 24.3 Å². The fraction of sp³-hybridized carbons (Fsp3) is 0.250. The van der Waals surface area contributed by atoms with E-state index in [-0.39, 0.29) is 0 Å². The van der Waals surface area contributed by atoms with Gasteiger partial charge in [-0.25, -0.2) is 4.79 Å². The molecule has 1 rings (SSSR count). The fourth-order valence-corrected chi connectivity index (χ4v) is 1.33. The van der Waals surface area contributed by atoms with Crippen LogP contribution in [0, 0.1) is 0 Å². The van der Waals surface area contributed by atoms with Crippen LogP contribution >= 0.6 is 11.6 Å². The molecule has 0 aliphatic rings. The van der Waals surface area contributed by atoms with E-state index in [1.165, 1.54) is 5.56 Å². The Balaban J connectivity index is 2.31. The standard InChI is InChI=1S/C12H13ClO2/c1-2-10-5-7-11(8-6-10)4-3-9-15-12(13)14/h2,5-8H,1,3-4,9H2. The van der Waals surface area contributed by atoms with E-state index < -0.39 is 5.43 Å². The summed E-state index contributed by atoms with van der Waals surface area (Å²) in [5.74, 6) is 0. The maximum atomic E-state index is 10.3. The summed E-state index contributed by atoms with van der Waals surface area (Å²) in [4.78, 5) is 10.3. The van der Waals surface area contributed by atoms with Crippen LogP contribution in [0.3, 0.4) is 0 Å². The summed E-state index contributed by atoms with van der Waals surface area (Å²) < 4.78 is 4.62. The maximum absolute atomic E-state index is 10.3. The third-order valence-electron chi connectivity index (χ3n) is 2.04. The number of hydrogen-bond acceptors (Lipinski definition) is 2. The topological polar surface area (TPSA) is 26.3 Å². The Morgan fingerprint density at radius 3 is 2.60 bits per heavy atom. The van der Waals surface area contributed by atoms with Crippen molar-refractivity contribution in [2.75, 3.05) is 6.61 Å². The lowest BCUT2D eigenvalue weighted by Crippen LogP contribution is -1.98. The molecular weight excluding hydrogens is 212 g/mol. The van der Waals surface area contributed by atoms with Crippen molar-refractivity contribution in [3.63, 3.8) is 0 Å². The first kappa shape index (κ1) is 11.8. The fourth-order valence-electron chi connectivity index (χ4n) is 1.25. The predicted octanol–water partition coefficient (Wildman–Crippen LogP) is 3.64. The molecule has 0 atom stereocenters. The monoisotopic (exact) mass is 224 g/mol. The van der Waals surface area contributed by atoms with Gasteiger partial charge in [-0.3, -0.25) is 0 Å². The number of carbonyl (C=O) groups excluding carboxylic acids is 1. The summed E-state index contributed by atoms with van der Waals surface area (Å²) in [5, 5.41) is 0. The van der Waals surface area contributed by atoms with Crippen molar-refractivity contribution < 1.29 is 9.53 Å². The number of aryl methyl sites for hydroxylation is 1. The number of hydrogen-bond donors (Lipinski definition) is 0. The quantitative estimate of drug-likeness (QED) is 0.564. The van der Waals surface area contributed by atoms with Gasteiger partial charge in [-0.15, -0.1) is 0 Å². The molecule has 0 N–H and O–H groups in total. The molecule has 0 saturated carbocycles. The molecule has 0 aliphatic carbocycles. The lowest BCUT2D eigenvalue weighted by Gasteiger charge is -2.02. The normalized spacial score (nSPS) is 9.67. The molecule has 0 heterocycles. The second-order valence-electron chi connectivity index (χ2n) is 3.14. The van der Waals surface area contributed by atoms with Crippen LogP contribution < -0.4 is 0 Å². The maximum Gasteiger partial charge on any atom is 0.403 e. The Kier molecular flexibility index (Phi) is 4.91. The van der Waals surface area contributed by atoms with E-state index in [4.69, 9.17) is 11.6 Å². The van der Waals surface area contributed by atoms with Gasteiger partial charge in [0.2, 0.25) is 0 Å². The SMILES string of the molecule is C=Cc1ccc(CCCOC(=O)Cl)cc1. The van der Waals surface area contributed by atoms with E-state index >= 15 is 0 Å². The Morgan fingerprint density at radius 2 is 2.07 bits per heavy atom. The highest BCUT2D eigenvalue weighted by Gasteiger charge is 1.96. The number of carbonyl (C=O) groups is 1. The first-order chi connectivity index (χ1) is 7.22. The number of ether oxygens (including phenoxy) is 1. The average molecular weight is 225 g/mol. The van der Waals surface area contributed by atoms with E-state index in [9.17, 15) is 4.79 Å². The van der Waals surface area contributed by atoms with Crippen LogP contribution in [0.4, 0.5) is 4.79 Å². The van der Waals surface area contributed by atoms with Gasteiger partial charge in [0.05, 0.1) is 6.61 Å². The Morgan fingerprint density at radius 1 is 1.40 bits per heavy atom. The van der Waals surface area contributed by atoms with Crippen LogP contribution in [0.1, 0.15) is 17.5 Å². The van der Waals surface area contributed by atoms with E-state index in [1.54, 1.807) is 6.08 Å². The van der Waals surface area contributed by atoms with Gasteiger partial charge in [0.25, 0.3) is 0 Å². The molecule has 0 aromatic heterocycles. The minimum Gasteiger partial charge on any atom is -0.454 e. The molecule has 2 nitrogen and oxygen atoms in total. The molecule has 0 bridgehead atoms. The van der Waals surface area contributed by atoms with Crippen LogP contribution in [0.25, 0.3) is 6.08 Å². The zero-order valence-electron chi connectivity index (χ0n) is 8.41. The van der Waals surface area contributed by atoms with Gasteiger partial charge in [-0.2, -0.15) is 0 Å². The smallest absolute Gasteiger partial charge is 0.403 e. The van der Waals surface area contributed by atoms with Crippen molar-refractivity contribution in [3.05, 3.63) is 42.0 Å². The van der Waals surface area contributed by atoms with Crippen molar-refractivity contribution in [3.8, 4) is 0 Å². The Hall–Kier alpha value is -1.28. The molecule has 0 fully saturated rings. The summed E-state index contributed by atoms with van der Waals surface area (Å²) in [6.07, 6.45) is 3.46. The first-order valence-corrected chi connectivity index (χ1v) is 5.14. The highest BCUT2D eigenvalue weighted by atomic mass is 35.5. The zero-order chi connectivity index (χ0) is 11.1. The number of rotatable bonds is 5. The van der Waals surface area contributed by atoms with Gasteiger partial charge in [0, 0.05) is 11.6 Å². The largest absolute Gasteiger partial charge is 0.454 e. The lowest BCUT2D eigenvalue weighted by molar-refractivity contribution is 0.172. The number of benzene rings is 1. The van der Waals surface area contributed by atoms with Gasteiger partial charge in [-0.05, 0) is 24.0 Å². The first-order valence-electron chi connectivity index (χ1n) is 4.76. The second kappa shape index (κ2) is 6.25. The summed E-state index contributed by atoms with van der Waals surface area (Å²) >= 11 is 5.03. The second-order valence-corrected chi connectivity index (χ2v) is 3.44. The average Bonchev–Trinajstić information content (AvgIpc) is 2.25. The molecule has 15 heavy (non-hydrogen) atoms. The molecule has 0 spiro atoms. The van der Waals surface area contributed by atoms with Crippen molar-refractivity contribution in [2.24, 2.45) is 0 Å². The van der Waals surface area contributed by atoms with Gasteiger partial charge < -0.3 is 4.74 Å². The van der Waals surface area contributed by atoms with Crippen molar-refractivity contribution in [2.45, 2.75) is 12.8 Å². The summed E-state index contributed by atoms with van der Waals surface area (Å²) in [6.45, 7) is 4.05. The molecule has 0 amide bonds. The Labute approximate surface area is 94.5 Å². The van der Waals surface area contributed by atoms with Gasteiger partial charge >= 0.3 is 5.43 Å². The summed E-state index contributed by atoms with van der Waals surface area (Å²) in [7, 11) is 0. The number of halogens is 1. The van der Waals surface area contributed by atoms with E-state index in [0.717, 1.165) is 18.4 Å². The highest BCUT2D eigenvalue weighted by molar-refractivity contribution is 6.61. The van der Waals surface area contributed by atoms with Crippen LogP contribution in [-0.4, -0.2) is 12.0 Å². The molecule has 0 radical (unpaired) electrons.